The Bertz CT molecular complexity index is 1200. The molecule has 3 aromatic carbocycles. The second-order valence-corrected chi connectivity index (χ2v) is 7.77. The zero-order chi connectivity index (χ0) is 23.4. The standard InChI is InChI=1S/C24H19ClF2N2O4/c1-15-10-19(8-9-21(15)33-22(26)27)24(13-31-23(28-24)29-32-14-30)18-6-2-4-16(11-18)17-5-3-7-20(25)12-17/h2-12,14,22H,13H2,1H3,(H,28,29). The van der Waals surface area contributed by atoms with Crippen LogP contribution in [0.5, 0.6) is 5.75 Å². The molecule has 1 heterocycles. The van der Waals surface area contributed by atoms with Crippen molar-refractivity contribution in [2.24, 2.45) is 4.99 Å². The number of alkyl halides is 2. The Morgan fingerprint density at radius 2 is 1.82 bits per heavy atom. The average Bonchev–Trinajstić information content (AvgIpc) is 3.24. The van der Waals surface area contributed by atoms with E-state index in [2.05, 4.69) is 20.0 Å². The van der Waals surface area contributed by atoms with Gasteiger partial charge in [-0.2, -0.15) is 14.3 Å². The summed E-state index contributed by atoms with van der Waals surface area (Å²) in [6.07, 6.45) is 0. The Hall–Kier alpha value is -3.65. The highest BCUT2D eigenvalue weighted by atomic mass is 35.5. The van der Waals surface area contributed by atoms with Crippen molar-refractivity contribution in [3.63, 3.8) is 0 Å². The molecule has 0 amide bonds. The molecular formula is C24H19ClF2N2O4. The largest absolute Gasteiger partial charge is 0.460 e. The number of carbonyl (C=O) groups excluding carboxylic acids is 1. The van der Waals surface area contributed by atoms with Gasteiger partial charge in [-0.15, -0.1) is 0 Å². The molecule has 1 aliphatic heterocycles. The lowest BCUT2D eigenvalue weighted by molar-refractivity contribution is -0.132. The van der Waals surface area contributed by atoms with Gasteiger partial charge in [0.2, 0.25) is 0 Å². The first-order valence-corrected chi connectivity index (χ1v) is 10.3. The lowest BCUT2D eigenvalue weighted by atomic mass is 9.82. The van der Waals surface area contributed by atoms with Crippen LogP contribution >= 0.6 is 11.6 Å². The average molecular weight is 473 g/mol. The lowest BCUT2D eigenvalue weighted by Gasteiger charge is -2.26. The third-order valence-electron chi connectivity index (χ3n) is 5.27. The number of nitrogens with one attached hydrogen (secondary N) is 1. The van der Waals surface area contributed by atoms with E-state index >= 15 is 0 Å². The molecule has 9 heteroatoms. The Morgan fingerprint density at radius 1 is 1.09 bits per heavy atom. The SMILES string of the molecule is Cc1cc(C2(c3cccc(-c4cccc(Cl)c4)c3)COC(NOC=O)=N2)ccc1OC(F)F. The molecule has 6 nitrogen and oxygen atoms in total. The molecule has 0 radical (unpaired) electrons. The molecule has 1 aliphatic rings. The number of carbonyl (C=O) groups is 1. The number of hydrogen-bond donors (Lipinski definition) is 1. The smallest absolute Gasteiger partial charge is 0.387 e. The van der Waals surface area contributed by atoms with Gasteiger partial charge in [0.1, 0.15) is 12.4 Å². The number of halogens is 3. The van der Waals surface area contributed by atoms with E-state index in [-0.39, 0.29) is 24.9 Å². The number of aliphatic imine (C=N–C) groups is 1. The molecule has 0 saturated heterocycles. The molecule has 170 valence electrons. The molecule has 0 aliphatic carbocycles. The van der Waals surface area contributed by atoms with Gasteiger partial charge in [0, 0.05) is 5.02 Å². The second kappa shape index (κ2) is 9.46. The van der Waals surface area contributed by atoms with E-state index in [0.29, 0.717) is 16.1 Å². The van der Waals surface area contributed by atoms with Gasteiger partial charge in [-0.25, -0.2) is 4.99 Å². The van der Waals surface area contributed by atoms with Crippen LogP contribution in [0, 0.1) is 6.92 Å². The van der Waals surface area contributed by atoms with Crippen LogP contribution in [0.25, 0.3) is 11.1 Å². The quantitative estimate of drug-likeness (QED) is 0.377. The summed E-state index contributed by atoms with van der Waals surface area (Å²) in [5, 5.41) is 0.609. The van der Waals surface area contributed by atoms with Crippen LogP contribution in [-0.2, 0) is 19.9 Å². The van der Waals surface area contributed by atoms with Crippen molar-refractivity contribution in [1.82, 2.24) is 5.48 Å². The van der Waals surface area contributed by atoms with Gasteiger partial charge in [-0.05, 0) is 65.1 Å². The van der Waals surface area contributed by atoms with Gasteiger partial charge in [0.15, 0.2) is 5.54 Å². The van der Waals surface area contributed by atoms with Crippen molar-refractivity contribution in [2.75, 3.05) is 6.61 Å². The third kappa shape index (κ3) is 4.75. The lowest BCUT2D eigenvalue weighted by Crippen LogP contribution is -2.27. The van der Waals surface area contributed by atoms with Gasteiger partial charge in [-0.1, -0.05) is 48.0 Å². The summed E-state index contributed by atoms with van der Waals surface area (Å²) in [5.41, 5.74) is 5.13. The van der Waals surface area contributed by atoms with Gasteiger partial charge in [0.25, 0.3) is 0 Å². The first kappa shape index (κ1) is 22.5. The first-order valence-electron chi connectivity index (χ1n) is 9.92. The molecular weight excluding hydrogens is 454 g/mol. The molecule has 0 fully saturated rings. The fourth-order valence-electron chi connectivity index (χ4n) is 3.76. The zero-order valence-electron chi connectivity index (χ0n) is 17.4. The van der Waals surface area contributed by atoms with Crippen molar-refractivity contribution in [2.45, 2.75) is 19.1 Å². The molecule has 33 heavy (non-hydrogen) atoms. The van der Waals surface area contributed by atoms with Crippen molar-refractivity contribution < 1.29 is 27.9 Å². The van der Waals surface area contributed by atoms with E-state index in [9.17, 15) is 13.6 Å². The molecule has 1 unspecified atom stereocenters. The van der Waals surface area contributed by atoms with Crippen molar-refractivity contribution in [3.05, 3.63) is 88.4 Å². The third-order valence-corrected chi connectivity index (χ3v) is 5.51. The van der Waals surface area contributed by atoms with Crippen molar-refractivity contribution in [1.29, 1.82) is 0 Å². The van der Waals surface area contributed by atoms with E-state index in [0.717, 1.165) is 16.7 Å². The summed E-state index contributed by atoms with van der Waals surface area (Å²) in [7, 11) is 0. The number of hydrogen-bond acceptors (Lipinski definition) is 6. The first-order chi connectivity index (χ1) is 15.9. The predicted octanol–water partition coefficient (Wildman–Crippen LogP) is 5.22. The van der Waals surface area contributed by atoms with Crippen molar-refractivity contribution in [3.8, 4) is 16.9 Å². The van der Waals surface area contributed by atoms with Crippen LogP contribution in [-0.4, -0.2) is 25.7 Å². The Kier molecular flexibility index (Phi) is 6.46. The van der Waals surface area contributed by atoms with E-state index in [1.165, 1.54) is 6.07 Å². The molecule has 0 aromatic heterocycles. The predicted molar refractivity (Wildman–Crippen MR) is 119 cm³/mol. The highest BCUT2D eigenvalue weighted by Gasteiger charge is 2.41. The minimum Gasteiger partial charge on any atom is -0.460 e. The Balaban J connectivity index is 1.82. The Labute approximate surface area is 193 Å². The van der Waals surface area contributed by atoms with Crippen LogP contribution in [0.2, 0.25) is 5.02 Å². The topological polar surface area (TPSA) is 69.2 Å². The monoisotopic (exact) mass is 472 g/mol. The summed E-state index contributed by atoms with van der Waals surface area (Å²) in [5.74, 6) is 0.0714. The fraction of sp³-hybridized carbons (Fsp3) is 0.167. The summed E-state index contributed by atoms with van der Waals surface area (Å²) in [6.45, 7) is -0.954. The maximum absolute atomic E-state index is 12.7. The maximum Gasteiger partial charge on any atom is 0.387 e. The number of aryl methyl sites for hydroxylation is 1. The molecule has 1 N–H and O–H groups in total. The minimum absolute atomic E-state index is 0.0146. The van der Waals surface area contributed by atoms with E-state index in [1.807, 2.05) is 42.5 Å². The van der Waals surface area contributed by atoms with Crippen LogP contribution < -0.4 is 10.2 Å². The van der Waals surface area contributed by atoms with E-state index < -0.39 is 12.2 Å². The number of ether oxygens (including phenoxy) is 2. The number of amidine groups is 1. The van der Waals surface area contributed by atoms with Crippen LogP contribution in [0.1, 0.15) is 16.7 Å². The summed E-state index contributed by atoms with van der Waals surface area (Å²) in [6, 6.07) is 20.0. The van der Waals surface area contributed by atoms with Gasteiger partial charge < -0.3 is 14.3 Å². The summed E-state index contributed by atoms with van der Waals surface area (Å²) in [4.78, 5) is 19.8. The fourth-order valence-corrected chi connectivity index (χ4v) is 3.95. The van der Waals surface area contributed by atoms with Crippen molar-refractivity contribution >= 4 is 24.1 Å². The van der Waals surface area contributed by atoms with Crippen LogP contribution in [0.15, 0.2) is 71.7 Å². The van der Waals surface area contributed by atoms with Gasteiger partial charge >= 0.3 is 19.1 Å². The van der Waals surface area contributed by atoms with Crippen LogP contribution in [0.3, 0.4) is 0 Å². The van der Waals surface area contributed by atoms with Gasteiger partial charge in [-0.3, -0.25) is 4.79 Å². The molecule has 0 bridgehead atoms. The molecule has 0 saturated carbocycles. The highest BCUT2D eigenvalue weighted by Crippen LogP contribution is 2.40. The number of rotatable bonds is 7. The summed E-state index contributed by atoms with van der Waals surface area (Å²) < 4.78 is 35.7. The van der Waals surface area contributed by atoms with Gasteiger partial charge in [0.05, 0.1) is 0 Å². The molecule has 1 atom stereocenters. The summed E-state index contributed by atoms with van der Waals surface area (Å²) >= 11 is 6.16. The molecule has 3 aromatic rings. The van der Waals surface area contributed by atoms with E-state index in [4.69, 9.17) is 16.3 Å². The number of benzene rings is 3. The minimum atomic E-state index is -2.93. The van der Waals surface area contributed by atoms with Crippen LogP contribution in [0.4, 0.5) is 8.78 Å². The normalized spacial score (nSPS) is 17.3. The maximum atomic E-state index is 12.7. The zero-order valence-corrected chi connectivity index (χ0v) is 18.2. The highest BCUT2D eigenvalue weighted by molar-refractivity contribution is 6.30. The van der Waals surface area contributed by atoms with E-state index in [1.54, 1.807) is 25.1 Å². The second-order valence-electron chi connectivity index (χ2n) is 7.33. The Morgan fingerprint density at radius 3 is 2.52 bits per heavy atom. The number of nitrogens with zero attached hydrogens (tertiary/aromatic N) is 1. The molecule has 0 spiro atoms. The number of hydroxylamine groups is 1. The molecule has 4 rings (SSSR count).